The molecule has 0 heterocycles. The van der Waals surface area contributed by atoms with Gasteiger partial charge in [-0.1, -0.05) is 0 Å². The maximum Gasteiger partial charge on any atom is 0.338 e. The predicted octanol–water partition coefficient (Wildman–Crippen LogP) is 1.05. The van der Waals surface area contributed by atoms with Gasteiger partial charge in [0.25, 0.3) is 0 Å². The van der Waals surface area contributed by atoms with Crippen LogP contribution in [0.1, 0.15) is 24.2 Å². The van der Waals surface area contributed by atoms with Gasteiger partial charge >= 0.3 is 12.0 Å². The maximum atomic E-state index is 13.5. The first-order valence-corrected chi connectivity index (χ1v) is 5.66. The molecule has 0 unspecified atom stereocenters. The van der Waals surface area contributed by atoms with Gasteiger partial charge in [-0.2, -0.15) is 0 Å². The highest BCUT2D eigenvalue weighted by atomic mass is 19.1. The highest BCUT2D eigenvalue weighted by Gasteiger charge is 2.27. The molecule has 0 aliphatic heterocycles. The Morgan fingerprint density at radius 2 is 1.76 bits per heavy atom. The molecule has 0 spiro atoms. The molecule has 0 aliphatic carbocycles. The van der Waals surface area contributed by atoms with Gasteiger partial charge in [-0.15, -0.1) is 0 Å². The summed E-state index contributed by atoms with van der Waals surface area (Å²) in [7, 11) is 0. The van der Waals surface area contributed by atoms with Crippen LogP contribution in [-0.2, 0) is 4.79 Å². The number of urea groups is 1. The van der Waals surface area contributed by atoms with Crippen molar-refractivity contribution < 1.29 is 28.3 Å². The molecule has 0 saturated carbocycles. The van der Waals surface area contributed by atoms with Crippen LogP contribution < -0.4 is 16.4 Å². The third kappa shape index (κ3) is 3.88. The molecular weight excluding hydrogens is 288 g/mol. The Morgan fingerprint density at radius 1 is 1.19 bits per heavy atom. The number of carboxylic acids is 1. The van der Waals surface area contributed by atoms with Gasteiger partial charge in [-0.3, -0.25) is 4.79 Å². The number of aromatic carboxylic acids is 1. The standard InChI is InChI=1S/C12H13F2N3O4/c1-12(2,10(15)20)17-11(21)16-8-3-5(9(18)19)6(13)4-7(8)14/h3-4H,1-2H3,(H2,15,20)(H,18,19)(H2,16,17,21). The van der Waals surface area contributed by atoms with Crippen LogP contribution >= 0.6 is 0 Å². The second kappa shape index (κ2) is 5.73. The topological polar surface area (TPSA) is 122 Å². The van der Waals surface area contributed by atoms with E-state index in [4.69, 9.17) is 10.8 Å². The van der Waals surface area contributed by atoms with Crippen LogP contribution in [0.2, 0.25) is 0 Å². The van der Waals surface area contributed by atoms with Crippen molar-refractivity contribution in [1.82, 2.24) is 5.32 Å². The second-order valence-electron chi connectivity index (χ2n) is 4.69. The minimum atomic E-state index is -1.62. The number of hydrogen-bond donors (Lipinski definition) is 4. The van der Waals surface area contributed by atoms with Crippen molar-refractivity contribution in [2.45, 2.75) is 19.4 Å². The van der Waals surface area contributed by atoms with Gasteiger partial charge in [0, 0.05) is 6.07 Å². The number of carboxylic acid groups (broad SMARTS) is 1. The summed E-state index contributed by atoms with van der Waals surface area (Å²) in [5, 5.41) is 12.9. The molecule has 0 aliphatic rings. The number of nitrogens with one attached hydrogen (secondary N) is 2. The van der Waals surface area contributed by atoms with Crippen molar-refractivity contribution in [3.05, 3.63) is 29.3 Å². The molecule has 0 radical (unpaired) electrons. The van der Waals surface area contributed by atoms with E-state index < -0.39 is 46.3 Å². The Kier molecular flexibility index (Phi) is 4.46. The summed E-state index contributed by atoms with van der Waals surface area (Å²) < 4.78 is 26.7. The Hall–Kier alpha value is -2.71. The molecular formula is C12H13F2N3O4. The van der Waals surface area contributed by atoms with Crippen LogP contribution in [0.15, 0.2) is 12.1 Å². The number of amides is 3. The number of halogens is 2. The van der Waals surface area contributed by atoms with Crippen LogP contribution in [-0.4, -0.2) is 28.6 Å². The highest BCUT2D eigenvalue weighted by molar-refractivity contribution is 5.96. The van der Waals surface area contributed by atoms with E-state index in [0.717, 1.165) is 0 Å². The smallest absolute Gasteiger partial charge is 0.338 e. The zero-order valence-corrected chi connectivity index (χ0v) is 11.2. The Labute approximate surface area is 118 Å². The predicted molar refractivity (Wildman–Crippen MR) is 68.7 cm³/mol. The third-order valence-corrected chi connectivity index (χ3v) is 2.58. The maximum absolute atomic E-state index is 13.5. The molecule has 114 valence electrons. The molecule has 0 fully saturated rings. The fraction of sp³-hybridized carbons (Fsp3) is 0.250. The molecule has 1 rings (SSSR count). The molecule has 7 nitrogen and oxygen atoms in total. The fourth-order valence-electron chi connectivity index (χ4n) is 1.31. The quantitative estimate of drug-likeness (QED) is 0.664. The summed E-state index contributed by atoms with van der Waals surface area (Å²) >= 11 is 0. The number of primary amides is 1. The van der Waals surface area contributed by atoms with Crippen LogP contribution in [0.5, 0.6) is 0 Å². The Morgan fingerprint density at radius 3 is 2.24 bits per heavy atom. The number of carbonyl (C=O) groups excluding carboxylic acids is 2. The summed E-state index contributed by atoms with van der Waals surface area (Å²) in [6.07, 6.45) is 0. The Bertz CT molecular complexity index is 617. The number of benzene rings is 1. The van der Waals surface area contributed by atoms with E-state index in [1.807, 2.05) is 5.32 Å². The van der Waals surface area contributed by atoms with Crippen molar-refractivity contribution in [3.8, 4) is 0 Å². The largest absolute Gasteiger partial charge is 0.478 e. The van der Waals surface area contributed by atoms with Crippen molar-refractivity contribution in [3.63, 3.8) is 0 Å². The molecule has 1 aromatic carbocycles. The monoisotopic (exact) mass is 301 g/mol. The minimum Gasteiger partial charge on any atom is -0.478 e. The van der Waals surface area contributed by atoms with E-state index in [0.29, 0.717) is 12.1 Å². The molecule has 0 atom stereocenters. The van der Waals surface area contributed by atoms with Gasteiger partial charge < -0.3 is 21.5 Å². The van der Waals surface area contributed by atoms with Crippen LogP contribution in [0.3, 0.4) is 0 Å². The summed E-state index contributed by atoms with van der Waals surface area (Å²) in [5.74, 6) is -4.88. The van der Waals surface area contributed by atoms with Gasteiger partial charge in [-0.05, 0) is 19.9 Å². The summed E-state index contributed by atoms with van der Waals surface area (Å²) in [5.41, 5.74) is 2.28. The first-order chi connectivity index (χ1) is 9.54. The van der Waals surface area contributed by atoms with E-state index in [1.54, 1.807) is 0 Å². The van der Waals surface area contributed by atoms with Gasteiger partial charge in [0.05, 0.1) is 11.3 Å². The number of hydrogen-bond acceptors (Lipinski definition) is 3. The van der Waals surface area contributed by atoms with Crippen LogP contribution in [0, 0.1) is 11.6 Å². The lowest BCUT2D eigenvalue weighted by Gasteiger charge is -2.22. The summed E-state index contributed by atoms with van der Waals surface area (Å²) in [6.45, 7) is 2.64. The van der Waals surface area contributed by atoms with Crippen molar-refractivity contribution in [1.29, 1.82) is 0 Å². The number of carbonyl (C=O) groups is 3. The van der Waals surface area contributed by atoms with E-state index >= 15 is 0 Å². The summed E-state index contributed by atoms with van der Waals surface area (Å²) in [6, 6.07) is -0.0389. The van der Waals surface area contributed by atoms with Gasteiger partial charge in [-0.25, -0.2) is 18.4 Å². The molecule has 21 heavy (non-hydrogen) atoms. The first kappa shape index (κ1) is 16.3. The van der Waals surface area contributed by atoms with Gasteiger partial charge in [0.2, 0.25) is 5.91 Å². The SMILES string of the molecule is CC(C)(NC(=O)Nc1cc(C(=O)O)c(F)cc1F)C(N)=O. The highest BCUT2D eigenvalue weighted by Crippen LogP contribution is 2.19. The van der Waals surface area contributed by atoms with E-state index in [1.165, 1.54) is 13.8 Å². The van der Waals surface area contributed by atoms with E-state index in [2.05, 4.69) is 5.32 Å². The van der Waals surface area contributed by atoms with Crippen LogP contribution in [0.4, 0.5) is 19.3 Å². The lowest BCUT2D eigenvalue weighted by molar-refractivity contribution is -0.122. The molecule has 0 bridgehead atoms. The average molecular weight is 301 g/mol. The Balaban J connectivity index is 2.98. The molecule has 9 heteroatoms. The third-order valence-electron chi connectivity index (χ3n) is 2.58. The number of rotatable bonds is 4. The minimum absolute atomic E-state index is 0.332. The van der Waals surface area contributed by atoms with Crippen molar-refractivity contribution in [2.75, 3.05) is 5.32 Å². The number of anilines is 1. The number of nitrogens with two attached hydrogens (primary N) is 1. The van der Waals surface area contributed by atoms with E-state index in [9.17, 15) is 23.2 Å². The lowest BCUT2D eigenvalue weighted by atomic mass is 10.1. The normalized spacial score (nSPS) is 10.9. The molecule has 5 N–H and O–H groups in total. The van der Waals surface area contributed by atoms with E-state index in [-0.39, 0.29) is 0 Å². The van der Waals surface area contributed by atoms with Gasteiger partial charge in [0.15, 0.2) is 0 Å². The fourth-order valence-corrected chi connectivity index (χ4v) is 1.31. The second-order valence-corrected chi connectivity index (χ2v) is 4.69. The van der Waals surface area contributed by atoms with Gasteiger partial charge in [0.1, 0.15) is 17.2 Å². The lowest BCUT2D eigenvalue weighted by Crippen LogP contribution is -2.54. The molecule has 0 saturated heterocycles. The van der Waals surface area contributed by atoms with Crippen LogP contribution in [0.25, 0.3) is 0 Å². The van der Waals surface area contributed by atoms with Crippen molar-refractivity contribution in [2.24, 2.45) is 5.73 Å². The zero-order chi connectivity index (χ0) is 16.4. The average Bonchev–Trinajstić information content (AvgIpc) is 2.31. The first-order valence-electron chi connectivity index (χ1n) is 5.66. The zero-order valence-electron chi connectivity index (χ0n) is 11.2. The molecule has 0 aromatic heterocycles. The van der Waals surface area contributed by atoms with Crippen molar-refractivity contribution >= 4 is 23.6 Å². The molecule has 3 amide bonds. The summed E-state index contributed by atoms with van der Waals surface area (Å²) in [4.78, 5) is 33.4. The molecule has 1 aromatic rings.